The Morgan fingerprint density at radius 2 is 2.00 bits per heavy atom. The molecule has 1 unspecified atom stereocenters. The average molecular weight is 231 g/mol. The summed E-state index contributed by atoms with van der Waals surface area (Å²) in [6.45, 7) is 11.4. The molecule has 0 fully saturated rings. The van der Waals surface area contributed by atoms with Crippen molar-refractivity contribution in [2.45, 2.75) is 52.7 Å². The Kier molecular flexibility index (Phi) is 6.60. The number of hydrogen-bond acceptors (Lipinski definition) is 3. The molecule has 0 radical (unpaired) electrons. The molecule has 0 rings (SSSR count). The molecular formula is C12H25NO3. The van der Waals surface area contributed by atoms with Crippen LogP contribution in [-0.4, -0.2) is 47.3 Å². The molecule has 0 aromatic heterocycles. The van der Waals surface area contributed by atoms with Crippen LogP contribution in [0.4, 0.5) is 0 Å². The number of aliphatic carboxylic acids is 1. The Hall–Kier alpha value is -0.610. The van der Waals surface area contributed by atoms with Crippen molar-refractivity contribution in [1.29, 1.82) is 0 Å². The zero-order valence-electron chi connectivity index (χ0n) is 11.1. The van der Waals surface area contributed by atoms with Crippen LogP contribution in [-0.2, 0) is 9.53 Å². The van der Waals surface area contributed by atoms with Crippen molar-refractivity contribution in [2.24, 2.45) is 0 Å². The Balaban J connectivity index is 4.07. The normalized spacial score (nSPS) is 14.1. The van der Waals surface area contributed by atoms with E-state index < -0.39 is 5.97 Å². The van der Waals surface area contributed by atoms with Crippen LogP contribution < -0.4 is 0 Å². The second-order valence-electron chi connectivity index (χ2n) is 5.08. The maximum absolute atomic E-state index is 10.7. The van der Waals surface area contributed by atoms with Crippen LogP contribution in [0.3, 0.4) is 0 Å². The van der Waals surface area contributed by atoms with Gasteiger partial charge in [0.25, 0.3) is 0 Å². The highest BCUT2D eigenvalue weighted by atomic mass is 16.5. The summed E-state index contributed by atoms with van der Waals surface area (Å²) in [5, 5.41) is 8.81. The van der Waals surface area contributed by atoms with E-state index in [1.165, 1.54) is 0 Å². The predicted molar refractivity (Wildman–Crippen MR) is 64.7 cm³/mol. The number of carbonyl (C=O) groups is 1. The lowest BCUT2D eigenvalue weighted by molar-refractivity contribution is -0.139. The van der Waals surface area contributed by atoms with Crippen molar-refractivity contribution in [3.8, 4) is 0 Å². The van der Waals surface area contributed by atoms with Crippen molar-refractivity contribution in [2.75, 3.05) is 19.7 Å². The van der Waals surface area contributed by atoms with Crippen LogP contribution >= 0.6 is 0 Å². The standard InChI is InChI=1S/C12H25NO3/c1-6-10(2)13(9-11(14)15)7-8-16-12(3,4)5/h10H,6-9H2,1-5H3,(H,14,15). The molecule has 1 atom stereocenters. The molecule has 4 heteroatoms. The van der Waals surface area contributed by atoms with Gasteiger partial charge in [0.2, 0.25) is 0 Å². The van der Waals surface area contributed by atoms with Gasteiger partial charge in [0, 0.05) is 12.6 Å². The van der Waals surface area contributed by atoms with Gasteiger partial charge >= 0.3 is 5.97 Å². The molecule has 0 spiro atoms. The van der Waals surface area contributed by atoms with Gasteiger partial charge in [-0.25, -0.2) is 0 Å². The van der Waals surface area contributed by atoms with E-state index in [2.05, 4.69) is 6.92 Å². The monoisotopic (exact) mass is 231 g/mol. The Morgan fingerprint density at radius 1 is 1.44 bits per heavy atom. The van der Waals surface area contributed by atoms with Gasteiger partial charge in [0.1, 0.15) is 0 Å². The summed E-state index contributed by atoms with van der Waals surface area (Å²) in [6, 6.07) is 0.277. The topological polar surface area (TPSA) is 49.8 Å². The fourth-order valence-electron chi connectivity index (χ4n) is 1.36. The number of carboxylic acid groups (broad SMARTS) is 1. The van der Waals surface area contributed by atoms with E-state index in [0.717, 1.165) is 6.42 Å². The summed E-state index contributed by atoms with van der Waals surface area (Å²) >= 11 is 0. The lowest BCUT2D eigenvalue weighted by atomic mass is 10.2. The predicted octanol–water partition coefficient (Wildman–Crippen LogP) is 1.99. The van der Waals surface area contributed by atoms with E-state index in [0.29, 0.717) is 13.2 Å². The first-order chi connectivity index (χ1) is 7.26. The quantitative estimate of drug-likeness (QED) is 0.728. The molecule has 96 valence electrons. The highest BCUT2D eigenvalue weighted by Crippen LogP contribution is 2.08. The molecule has 0 heterocycles. The molecular weight excluding hydrogens is 206 g/mol. The minimum absolute atomic E-state index is 0.0858. The van der Waals surface area contributed by atoms with Gasteiger partial charge in [-0.2, -0.15) is 0 Å². The molecule has 0 aromatic carbocycles. The van der Waals surface area contributed by atoms with Crippen LogP contribution in [0.15, 0.2) is 0 Å². The van der Waals surface area contributed by atoms with Crippen LogP contribution in [0.5, 0.6) is 0 Å². The molecule has 0 saturated carbocycles. The van der Waals surface area contributed by atoms with Gasteiger partial charge in [-0.3, -0.25) is 9.69 Å². The first kappa shape index (κ1) is 15.4. The molecule has 0 aliphatic heterocycles. The first-order valence-corrected chi connectivity index (χ1v) is 5.86. The third kappa shape index (κ3) is 7.65. The minimum atomic E-state index is -0.781. The Morgan fingerprint density at radius 3 is 2.38 bits per heavy atom. The van der Waals surface area contributed by atoms with Gasteiger partial charge in [-0.1, -0.05) is 6.92 Å². The molecule has 4 nitrogen and oxygen atoms in total. The van der Waals surface area contributed by atoms with Gasteiger partial charge in [-0.05, 0) is 34.1 Å². The molecule has 0 bridgehead atoms. The van der Waals surface area contributed by atoms with E-state index >= 15 is 0 Å². The summed E-state index contributed by atoms with van der Waals surface area (Å²) in [7, 11) is 0. The van der Waals surface area contributed by atoms with E-state index in [4.69, 9.17) is 9.84 Å². The van der Waals surface area contributed by atoms with E-state index in [1.807, 2.05) is 32.6 Å². The van der Waals surface area contributed by atoms with E-state index in [1.54, 1.807) is 0 Å². The minimum Gasteiger partial charge on any atom is -0.480 e. The Bertz CT molecular complexity index is 211. The average Bonchev–Trinajstić information content (AvgIpc) is 2.12. The summed E-state index contributed by atoms with van der Waals surface area (Å²) < 4.78 is 5.60. The summed E-state index contributed by atoms with van der Waals surface area (Å²) in [6.07, 6.45) is 0.947. The molecule has 16 heavy (non-hydrogen) atoms. The number of hydrogen-bond donors (Lipinski definition) is 1. The van der Waals surface area contributed by atoms with Crippen molar-refractivity contribution in [1.82, 2.24) is 4.90 Å². The molecule has 0 aliphatic rings. The van der Waals surface area contributed by atoms with Crippen molar-refractivity contribution in [3.05, 3.63) is 0 Å². The molecule has 0 aliphatic carbocycles. The molecule has 0 aromatic rings. The maximum atomic E-state index is 10.7. The SMILES string of the molecule is CCC(C)N(CCOC(C)(C)C)CC(=O)O. The fraction of sp³-hybridized carbons (Fsp3) is 0.917. The zero-order valence-corrected chi connectivity index (χ0v) is 11.1. The van der Waals surface area contributed by atoms with Crippen LogP contribution in [0.1, 0.15) is 41.0 Å². The second kappa shape index (κ2) is 6.86. The van der Waals surface area contributed by atoms with E-state index in [9.17, 15) is 4.79 Å². The van der Waals surface area contributed by atoms with Crippen molar-refractivity contribution < 1.29 is 14.6 Å². The number of nitrogens with zero attached hydrogens (tertiary/aromatic N) is 1. The lowest BCUT2D eigenvalue weighted by Gasteiger charge is -2.28. The first-order valence-electron chi connectivity index (χ1n) is 5.86. The highest BCUT2D eigenvalue weighted by Gasteiger charge is 2.17. The molecule has 0 amide bonds. The zero-order chi connectivity index (χ0) is 12.8. The van der Waals surface area contributed by atoms with Gasteiger partial charge in [0.05, 0.1) is 18.8 Å². The third-order valence-corrected chi connectivity index (χ3v) is 2.47. The van der Waals surface area contributed by atoms with Gasteiger partial charge in [0.15, 0.2) is 0 Å². The fourth-order valence-corrected chi connectivity index (χ4v) is 1.36. The van der Waals surface area contributed by atoms with Crippen LogP contribution in [0.25, 0.3) is 0 Å². The second-order valence-corrected chi connectivity index (χ2v) is 5.08. The Labute approximate surface area is 98.6 Å². The van der Waals surface area contributed by atoms with E-state index in [-0.39, 0.29) is 18.2 Å². The number of rotatable bonds is 7. The summed E-state index contributed by atoms with van der Waals surface area (Å²) in [4.78, 5) is 12.6. The summed E-state index contributed by atoms with van der Waals surface area (Å²) in [5.74, 6) is -0.781. The third-order valence-electron chi connectivity index (χ3n) is 2.47. The number of ether oxygens (including phenoxy) is 1. The lowest BCUT2D eigenvalue weighted by Crippen LogP contribution is -2.40. The van der Waals surface area contributed by atoms with Crippen molar-refractivity contribution >= 4 is 5.97 Å². The number of carboxylic acids is 1. The van der Waals surface area contributed by atoms with Gasteiger partial charge < -0.3 is 9.84 Å². The molecule has 1 N–H and O–H groups in total. The van der Waals surface area contributed by atoms with Crippen LogP contribution in [0, 0.1) is 0 Å². The van der Waals surface area contributed by atoms with Gasteiger partial charge in [-0.15, -0.1) is 0 Å². The van der Waals surface area contributed by atoms with Crippen molar-refractivity contribution in [3.63, 3.8) is 0 Å². The largest absolute Gasteiger partial charge is 0.480 e. The highest BCUT2D eigenvalue weighted by molar-refractivity contribution is 5.69. The maximum Gasteiger partial charge on any atom is 0.317 e. The molecule has 0 saturated heterocycles. The van der Waals surface area contributed by atoms with Crippen LogP contribution in [0.2, 0.25) is 0 Å². The summed E-state index contributed by atoms with van der Waals surface area (Å²) in [5.41, 5.74) is -0.162. The smallest absolute Gasteiger partial charge is 0.317 e.